The van der Waals surface area contributed by atoms with Crippen LogP contribution in [0, 0.1) is 0 Å². The lowest BCUT2D eigenvalue weighted by Gasteiger charge is -2.11. The number of carboxylic acid groups (broad SMARTS) is 1. The first-order valence-electron chi connectivity index (χ1n) is 9.19. The fourth-order valence-corrected chi connectivity index (χ4v) is 2.91. The molecule has 0 saturated heterocycles. The number of carboxylic acids is 1. The summed E-state index contributed by atoms with van der Waals surface area (Å²) in [7, 11) is 0. The summed E-state index contributed by atoms with van der Waals surface area (Å²) in [5, 5.41) is 24.0. The molecule has 0 fully saturated rings. The highest BCUT2D eigenvalue weighted by molar-refractivity contribution is 5.92. The summed E-state index contributed by atoms with van der Waals surface area (Å²) in [4.78, 5) is 19.8. The molecular formula is C17H25N7O2. The van der Waals surface area contributed by atoms with E-state index in [0.717, 1.165) is 63.7 Å². The average molecular weight is 359 g/mol. The Hall–Kier alpha value is -2.71. The van der Waals surface area contributed by atoms with Crippen LogP contribution >= 0.6 is 0 Å². The smallest absolute Gasteiger partial charge is 0.341 e. The molecule has 2 aromatic rings. The van der Waals surface area contributed by atoms with E-state index in [2.05, 4.69) is 30.9 Å². The average Bonchev–Trinajstić information content (AvgIpc) is 3.07. The molecule has 0 radical (unpaired) electrons. The minimum atomic E-state index is -1.03. The van der Waals surface area contributed by atoms with Gasteiger partial charge in [-0.2, -0.15) is 4.98 Å². The number of nitrogens with one attached hydrogen (secondary N) is 2. The molecule has 3 rings (SSSR count). The summed E-state index contributed by atoms with van der Waals surface area (Å²) in [6, 6.07) is 0. The summed E-state index contributed by atoms with van der Waals surface area (Å²) < 4.78 is 1.92. The van der Waals surface area contributed by atoms with Crippen LogP contribution in [0.15, 0.2) is 12.4 Å². The maximum absolute atomic E-state index is 11.4. The van der Waals surface area contributed by atoms with Gasteiger partial charge in [0.2, 0.25) is 5.95 Å². The lowest BCUT2D eigenvalue weighted by atomic mass is 10.2. The minimum Gasteiger partial charge on any atom is -0.477 e. The zero-order valence-electron chi connectivity index (χ0n) is 14.8. The predicted molar refractivity (Wildman–Crippen MR) is 97.4 cm³/mol. The molecule has 0 aliphatic carbocycles. The van der Waals surface area contributed by atoms with Crippen LogP contribution in [0.5, 0.6) is 0 Å². The van der Waals surface area contributed by atoms with Crippen LogP contribution in [-0.2, 0) is 13.0 Å². The fourth-order valence-electron chi connectivity index (χ4n) is 2.91. The first kappa shape index (κ1) is 18.1. The fraction of sp³-hybridized carbons (Fsp3) is 0.588. The number of aromatic nitrogens is 5. The Kier molecular flexibility index (Phi) is 6.34. The van der Waals surface area contributed by atoms with E-state index in [0.29, 0.717) is 18.3 Å². The lowest BCUT2D eigenvalue weighted by Crippen LogP contribution is -2.13. The van der Waals surface area contributed by atoms with Crippen molar-refractivity contribution in [3.63, 3.8) is 0 Å². The quantitative estimate of drug-likeness (QED) is 0.709. The van der Waals surface area contributed by atoms with E-state index in [1.54, 1.807) is 0 Å². The van der Waals surface area contributed by atoms with Crippen molar-refractivity contribution in [2.75, 3.05) is 23.7 Å². The van der Waals surface area contributed by atoms with Gasteiger partial charge < -0.3 is 15.7 Å². The summed E-state index contributed by atoms with van der Waals surface area (Å²) in [5.74, 6) is -0.203. The van der Waals surface area contributed by atoms with E-state index in [1.165, 1.54) is 6.20 Å². The highest BCUT2D eigenvalue weighted by atomic mass is 16.4. The number of rotatable bonds is 1. The second kappa shape index (κ2) is 9.12. The molecule has 0 amide bonds. The van der Waals surface area contributed by atoms with Crippen LogP contribution < -0.4 is 10.6 Å². The molecule has 1 aliphatic rings. The summed E-state index contributed by atoms with van der Waals surface area (Å²) >= 11 is 0. The predicted octanol–water partition coefficient (Wildman–Crippen LogP) is 2.19. The van der Waals surface area contributed by atoms with Gasteiger partial charge in [0.05, 0.1) is 5.69 Å². The molecule has 2 aromatic heterocycles. The van der Waals surface area contributed by atoms with Crippen LogP contribution in [0.2, 0.25) is 0 Å². The molecule has 26 heavy (non-hydrogen) atoms. The van der Waals surface area contributed by atoms with Crippen molar-refractivity contribution in [2.45, 2.75) is 51.5 Å². The molecule has 0 spiro atoms. The van der Waals surface area contributed by atoms with Crippen molar-refractivity contribution in [3.05, 3.63) is 23.7 Å². The van der Waals surface area contributed by atoms with Gasteiger partial charge in [-0.25, -0.2) is 9.78 Å². The van der Waals surface area contributed by atoms with Crippen molar-refractivity contribution in [1.82, 2.24) is 25.0 Å². The molecular weight excluding hydrogens is 334 g/mol. The Morgan fingerprint density at radius 3 is 2.77 bits per heavy atom. The van der Waals surface area contributed by atoms with Crippen molar-refractivity contribution >= 4 is 17.7 Å². The Morgan fingerprint density at radius 1 is 1.08 bits per heavy atom. The first-order chi connectivity index (χ1) is 12.7. The monoisotopic (exact) mass is 359 g/mol. The van der Waals surface area contributed by atoms with Crippen LogP contribution in [0.25, 0.3) is 0 Å². The van der Waals surface area contributed by atoms with Gasteiger partial charge in [-0.05, 0) is 32.1 Å². The van der Waals surface area contributed by atoms with E-state index >= 15 is 0 Å². The number of hydrogen-bond donors (Lipinski definition) is 3. The van der Waals surface area contributed by atoms with E-state index in [1.807, 2.05) is 10.9 Å². The Morgan fingerprint density at radius 2 is 1.88 bits per heavy atom. The van der Waals surface area contributed by atoms with E-state index in [4.69, 9.17) is 0 Å². The Bertz CT molecular complexity index is 732. The maximum Gasteiger partial charge on any atom is 0.341 e. The number of fused-ring (bicyclic) bond motifs is 4. The standard InChI is InChI=1S/C17H25N7O2/c25-16(26)14-11-20-17-19-9-4-1-2-6-10-24-12-13(22-23-24)7-3-5-8-18-15(14)21-17/h11-12H,1-10H2,(H,25,26)(H2,18,19,20,21). The van der Waals surface area contributed by atoms with Crippen LogP contribution in [0.1, 0.15) is 54.6 Å². The van der Waals surface area contributed by atoms with Gasteiger partial charge in [0.25, 0.3) is 0 Å². The second-order valence-electron chi connectivity index (χ2n) is 6.46. The van der Waals surface area contributed by atoms with Gasteiger partial charge in [0, 0.05) is 32.0 Å². The maximum atomic E-state index is 11.4. The zero-order valence-corrected chi connectivity index (χ0v) is 14.8. The van der Waals surface area contributed by atoms with Crippen molar-refractivity contribution in [2.24, 2.45) is 0 Å². The Labute approximate surface area is 152 Å². The third-order valence-corrected chi connectivity index (χ3v) is 4.35. The third kappa shape index (κ3) is 5.14. The van der Waals surface area contributed by atoms with Crippen LogP contribution in [-0.4, -0.2) is 49.1 Å². The SMILES string of the molecule is O=C(O)c1cnc2nc1NCCCCc1cn(nn1)CCCCCCN2. The molecule has 1 aliphatic heterocycles. The van der Waals surface area contributed by atoms with Gasteiger partial charge in [-0.15, -0.1) is 5.10 Å². The van der Waals surface area contributed by atoms with Crippen LogP contribution in [0.3, 0.4) is 0 Å². The number of nitrogens with zero attached hydrogens (tertiary/aromatic N) is 5. The largest absolute Gasteiger partial charge is 0.477 e. The first-order valence-corrected chi connectivity index (χ1v) is 9.19. The summed E-state index contributed by atoms with van der Waals surface area (Å²) in [6.07, 6.45) is 10.4. The number of carbonyl (C=O) groups is 1. The topological polar surface area (TPSA) is 118 Å². The Balaban J connectivity index is 1.66. The van der Waals surface area contributed by atoms with Crippen molar-refractivity contribution in [1.29, 1.82) is 0 Å². The molecule has 3 N–H and O–H groups in total. The molecule has 0 unspecified atom stereocenters. The third-order valence-electron chi connectivity index (χ3n) is 4.35. The van der Waals surface area contributed by atoms with Gasteiger partial charge in [-0.3, -0.25) is 4.68 Å². The molecule has 9 heteroatoms. The number of anilines is 2. The van der Waals surface area contributed by atoms with Crippen molar-refractivity contribution in [3.8, 4) is 0 Å². The van der Waals surface area contributed by atoms with E-state index in [9.17, 15) is 9.90 Å². The summed E-state index contributed by atoms with van der Waals surface area (Å²) in [6.45, 7) is 2.31. The lowest BCUT2D eigenvalue weighted by molar-refractivity contribution is 0.0697. The van der Waals surface area contributed by atoms with Gasteiger partial charge in [-0.1, -0.05) is 18.1 Å². The summed E-state index contributed by atoms with van der Waals surface area (Å²) in [5.41, 5.74) is 1.10. The van der Waals surface area contributed by atoms with Gasteiger partial charge in [0.15, 0.2) is 0 Å². The highest BCUT2D eigenvalue weighted by Crippen LogP contribution is 2.15. The molecule has 0 atom stereocenters. The number of hydrogen-bond acceptors (Lipinski definition) is 7. The van der Waals surface area contributed by atoms with Gasteiger partial charge in [0.1, 0.15) is 11.4 Å². The van der Waals surface area contributed by atoms with E-state index < -0.39 is 5.97 Å². The molecule has 0 aromatic carbocycles. The normalized spacial score (nSPS) is 16.6. The molecule has 140 valence electrons. The molecule has 9 nitrogen and oxygen atoms in total. The van der Waals surface area contributed by atoms with Gasteiger partial charge >= 0.3 is 5.97 Å². The number of aromatic carboxylic acids is 1. The highest BCUT2D eigenvalue weighted by Gasteiger charge is 2.13. The minimum absolute atomic E-state index is 0.0906. The van der Waals surface area contributed by atoms with Crippen LogP contribution in [0.4, 0.5) is 11.8 Å². The van der Waals surface area contributed by atoms with Crippen molar-refractivity contribution < 1.29 is 9.90 Å². The molecule has 4 bridgehead atoms. The molecule has 0 saturated carbocycles. The number of aryl methyl sites for hydroxylation is 2. The van der Waals surface area contributed by atoms with E-state index in [-0.39, 0.29) is 5.56 Å². The zero-order chi connectivity index (χ0) is 18.2. The second-order valence-corrected chi connectivity index (χ2v) is 6.46. The molecule has 3 heterocycles.